The van der Waals surface area contributed by atoms with Gasteiger partial charge in [-0.15, -0.1) is 0 Å². The molecule has 144 valence electrons. The van der Waals surface area contributed by atoms with E-state index in [0.717, 1.165) is 12.1 Å². The van der Waals surface area contributed by atoms with Crippen LogP contribution < -0.4 is 9.47 Å². The standard InChI is InChI=1S/C20H14F3NO4/c21-20(22,23)14-5-2-1-4-11(14)15-8-13(19(25)26)12-9-17-18(10-16(12)24-15)28-7-3-6-27-17/h1-2,4-5,8-10H,3,6-7H2,(H,25,26). The number of rotatable bonds is 2. The molecule has 0 saturated carbocycles. The Morgan fingerprint density at radius 1 is 1.04 bits per heavy atom. The fourth-order valence-electron chi connectivity index (χ4n) is 3.15. The number of nitrogens with zero attached hydrogens (tertiary/aromatic N) is 1. The van der Waals surface area contributed by atoms with Crippen LogP contribution in [-0.2, 0) is 6.18 Å². The van der Waals surface area contributed by atoms with Gasteiger partial charge in [-0.05, 0) is 18.2 Å². The van der Waals surface area contributed by atoms with Gasteiger partial charge < -0.3 is 14.6 Å². The van der Waals surface area contributed by atoms with E-state index in [4.69, 9.17) is 9.47 Å². The van der Waals surface area contributed by atoms with E-state index in [-0.39, 0.29) is 27.7 Å². The minimum Gasteiger partial charge on any atom is -0.490 e. The van der Waals surface area contributed by atoms with Gasteiger partial charge in [-0.1, -0.05) is 18.2 Å². The van der Waals surface area contributed by atoms with Crippen LogP contribution >= 0.6 is 0 Å². The zero-order valence-electron chi connectivity index (χ0n) is 14.4. The third-order valence-electron chi connectivity index (χ3n) is 4.42. The predicted octanol–water partition coefficient (Wildman–Crippen LogP) is 4.78. The van der Waals surface area contributed by atoms with Crippen molar-refractivity contribution in [2.24, 2.45) is 0 Å². The molecule has 0 fully saturated rings. The van der Waals surface area contributed by atoms with E-state index < -0.39 is 17.7 Å². The summed E-state index contributed by atoms with van der Waals surface area (Å²) in [6.07, 6.45) is -3.93. The lowest BCUT2D eigenvalue weighted by Gasteiger charge is -2.15. The highest BCUT2D eigenvalue weighted by molar-refractivity contribution is 6.04. The highest BCUT2D eigenvalue weighted by Gasteiger charge is 2.34. The van der Waals surface area contributed by atoms with E-state index in [9.17, 15) is 23.1 Å². The van der Waals surface area contributed by atoms with Gasteiger partial charge in [0.05, 0.1) is 35.6 Å². The summed E-state index contributed by atoms with van der Waals surface area (Å²) in [6.45, 7) is 0.840. The van der Waals surface area contributed by atoms with Gasteiger partial charge in [0.25, 0.3) is 0 Å². The molecular formula is C20H14F3NO4. The quantitative estimate of drug-likeness (QED) is 0.683. The van der Waals surface area contributed by atoms with Gasteiger partial charge in [0.1, 0.15) is 0 Å². The number of hydrogen-bond acceptors (Lipinski definition) is 4. The highest BCUT2D eigenvalue weighted by Crippen LogP contribution is 2.39. The molecule has 0 aliphatic carbocycles. The molecule has 0 amide bonds. The van der Waals surface area contributed by atoms with Crippen LogP contribution in [0.1, 0.15) is 22.3 Å². The third kappa shape index (κ3) is 3.21. The van der Waals surface area contributed by atoms with Crippen molar-refractivity contribution >= 4 is 16.9 Å². The van der Waals surface area contributed by atoms with Crippen LogP contribution in [0.4, 0.5) is 13.2 Å². The fourth-order valence-corrected chi connectivity index (χ4v) is 3.15. The maximum Gasteiger partial charge on any atom is 0.417 e. The first-order chi connectivity index (χ1) is 13.3. The minimum absolute atomic E-state index is 0.0766. The van der Waals surface area contributed by atoms with Crippen molar-refractivity contribution in [3.05, 3.63) is 53.6 Å². The lowest BCUT2D eigenvalue weighted by Crippen LogP contribution is -2.08. The Balaban J connectivity index is 1.98. The van der Waals surface area contributed by atoms with Crippen LogP contribution in [0.15, 0.2) is 42.5 Å². The Hall–Kier alpha value is -3.29. The predicted molar refractivity (Wildman–Crippen MR) is 94.7 cm³/mol. The molecule has 0 atom stereocenters. The van der Waals surface area contributed by atoms with E-state index in [1.165, 1.54) is 30.3 Å². The SMILES string of the molecule is O=C(O)c1cc(-c2ccccc2C(F)(F)F)nc2cc3c(cc12)OCCCO3. The van der Waals surface area contributed by atoms with Crippen molar-refractivity contribution in [2.75, 3.05) is 13.2 Å². The number of alkyl halides is 3. The molecule has 0 spiro atoms. The zero-order valence-corrected chi connectivity index (χ0v) is 14.4. The number of aromatic carboxylic acids is 1. The minimum atomic E-state index is -4.60. The highest BCUT2D eigenvalue weighted by atomic mass is 19.4. The van der Waals surface area contributed by atoms with Crippen LogP contribution in [0.25, 0.3) is 22.2 Å². The summed E-state index contributed by atoms with van der Waals surface area (Å²) in [5, 5.41) is 9.89. The molecule has 1 aromatic heterocycles. The van der Waals surface area contributed by atoms with Crippen molar-refractivity contribution in [3.8, 4) is 22.8 Å². The number of pyridine rings is 1. The average molecular weight is 389 g/mol. The number of fused-ring (bicyclic) bond motifs is 2. The zero-order chi connectivity index (χ0) is 19.9. The molecule has 1 aliphatic heterocycles. The monoisotopic (exact) mass is 389 g/mol. The van der Waals surface area contributed by atoms with Crippen molar-refractivity contribution in [2.45, 2.75) is 12.6 Å². The summed E-state index contributed by atoms with van der Waals surface area (Å²) in [5.41, 5.74) is -1.09. The molecule has 28 heavy (non-hydrogen) atoms. The molecule has 1 aliphatic rings. The second-order valence-electron chi connectivity index (χ2n) is 6.27. The molecule has 2 heterocycles. The lowest BCUT2D eigenvalue weighted by atomic mass is 9.99. The second kappa shape index (κ2) is 6.70. The van der Waals surface area contributed by atoms with Gasteiger partial charge in [-0.2, -0.15) is 13.2 Å². The maximum absolute atomic E-state index is 13.4. The molecule has 4 rings (SSSR count). The molecular weight excluding hydrogens is 375 g/mol. The van der Waals surface area contributed by atoms with E-state index in [0.29, 0.717) is 31.1 Å². The van der Waals surface area contributed by atoms with Crippen molar-refractivity contribution in [1.29, 1.82) is 0 Å². The molecule has 0 bridgehead atoms. The summed E-state index contributed by atoms with van der Waals surface area (Å²) in [4.78, 5) is 16.1. The molecule has 0 unspecified atom stereocenters. The Kier molecular flexibility index (Phi) is 4.33. The molecule has 1 N–H and O–H groups in total. The first-order valence-corrected chi connectivity index (χ1v) is 8.49. The maximum atomic E-state index is 13.4. The smallest absolute Gasteiger partial charge is 0.417 e. The molecule has 0 saturated heterocycles. The van der Waals surface area contributed by atoms with Crippen LogP contribution in [0.2, 0.25) is 0 Å². The summed E-state index contributed by atoms with van der Waals surface area (Å²) >= 11 is 0. The number of hydrogen-bond donors (Lipinski definition) is 1. The number of aromatic nitrogens is 1. The first kappa shape index (κ1) is 18.1. The number of carbonyl (C=O) groups is 1. The number of benzene rings is 2. The van der Waals surface area contributed by atoms with Crippen molar-refractivity contribution in [3.63, 3.8) is 0 Å². The Bertz CT molecular complexity index is 1080. The lowest BCUT2D eigenvalue weighted by molar-refractivity contribution is -0.137. The molecule has 3 aromatic rings. The summed E-state index contributed by atoms with van der Waals surface area (Å²) in [6, 6.07) is 9.09. The summed E-state index contributed by atoms with van der Waals surface area (Å²) < 4.78 is 51.4. The van der Waals surface area contributed by atoms with Gasteiger partial charge in [-0.25, -0.2) is 9.78 Å². The number of carboxylic acid groups (broad SMARTS) is 1. The van der Waals surface area contributed by atoms with Gasteiger partial charge in [0.15, 0.2) is 11.5 Å². The van der Waals surface area contributed by atoms with Crippen molar-refractivity contribution in [1.82, 2.24) is 4.98 Å². The second-order valence-corrected chi connectivity index (χ2v) is 6.27. The summed E-state index contributed by atoms with van der Waals surface area (Å²) in [5.74, 6) is -0.500. The topological polar surface area (TPSA) is 68.7 Å². The Morgan fingerprint density at radius 3 is 2.39 bits per heavy atom. The van der Waals surface area contributed by atoms with E-state index in [2.05, 4.69) is 4.98 Å². The fraction of sp³-hybridized carbons (Fsp3) is 0.200. The van der Waals surface area contributed by atoms with Gasteiger partial charge >= 0.3 is 12.1 Å². The normalized spacial score (nSPS) is 14.0. The van der Waals surface area contributed by atoms with E-state index in [1.54, 1.807) is 0 Å². The number of carboxylic acids is 1. The molecule has 8 heteroatoms. The number of ether oxygens (including phenoxy) is 2. The van der Waals surface area contributed by atoms with Crippen LogP contribution in [0.5, 0.6) is 11.5 Å². The van der Waals surface area contributed by atoms with Crippen LogP contribution in [0, 0.1) is 0 Å². The average Bonchev–Trinajstić information content (AvgIpc) is 2.89. The van der Waals surface area contributed by atoms with Crippen molar-refractivity contribution < 1.29 is 32.5 Å². The number of halogens is 3. The first-order valence-electron chi connectivity index (χ1n) is 8.49. The molecule has 0 radical (unpaired) electrons. The third-order valence-corrected chi connectivity index (χ3v) is 4.42. The summed E-state index contributed by atoms with van der Waals surface area (Å²) in [7, 11) is 0. The van der Waals surface area contributed by atoms with Gasteiger partial charge in [0.2, 0.25) is 0 Å². The van der Waals surface area contributed by atoms with Gasteiger partial charge in [-0.3, -0.25) is 0 Å². The van der Waals surface area contributed by atoms with E-state index >= 15 is 0 Å². The largest absolute Gasteiger partial charge is 0.490 e. The van der Waals surface area contributed by atoms with Crippen LogP contribution in [-0.4, -0.2) is 29.3 Å². The van der Waals surface area contributed by atoms with Gasteiger partial charge in [0, 0.05) is 23.4 Å². The van der Waals surface area contributed by atoms with Crippen LogP contribution in [0.3, 0.4) is 0 Å². The Labute approximate surface area is 157 Å². The molecule has 2 aromatic carbocycles. The van der Waals surface area contributed by atoms with E-state index in [1.807, 2.05) is 0 Å². The Morgan fingerprint density at radius 2 is 1.71 bits per heavy atom. The molecule has 5 nitrogen and oxygen atoms in total.